The van der Waals surface area contributed by atoms with Gasteiger partial charge in [-0.25, -0.2) is 0 Å². The summed E-state index contributed by atoms with van der Waals surface area (Å²) in [6, 6.07) is 7.74. The van der Waals surface area contributed by atoms with Gasteiger partial charge >= 0.3 is 5.97 Å². The molecule has 5 nitrogen and oxygen atoms in total. The summed E-state index contributed by atoms with van der Waals surface area (Å²) in [6.45, 7) is -0.229. The number of aryl methyl sites for hydroxylation is 1. The Morgan fingerprint density at radius 1 is 1.35 bits per heavy atom. The number of carboxylic acid groups (broad SMARTS) is 1. The fourth-order valence-electron chi connectivity index (χ4n) is 2.57. The summed E-state index contributed by atoms with van der Waals surface area (Å²) in [6.07, 6.45) is 3.57. The summed E-state index contributed by atoms with van der Waals surface area (Å²) in [7, 11) is 1.89. The average Bonchev–Trinajstić information content (AvgIpc) is 3.21. The highest BCUT2D eigenvalue weighted by Crippen LogP contribution is 2.30. The number of carbonyl (C=O) groups is 2. The van der Waals surface area contributed by atoms with Crippen molar-refractivity contribution in [2.24, 2.45) is 7.05 Å². The minimum absolute atomic E-state index is 0.0811. The van der Waals surface area contributed by atoms with Crippen molar-refractivity contribution in [3.05, 3.63) is 36.0 Å². The number of hydrogen-bond donors (Lipinski definition) is 1. The molecule has 0 spiro atoms. The van der Waals surface area contributed by atoms with Crippen LogP contribution in [0.1, 0.15) is 23.2 Å². The van der Waals surface area contributed by atoms with Crippen molar-refractivity contribution in [3.8, 4) is 0 Å². The molecule has 3 rings (SSSR count). The molecule has 0 radical (unpaired) electrons. The highest BCUT2D eigenvalue weighted by molar-refractivity contribution is 6.07. The van der Waals surface area contributed by atoms with Gasteiger partial charge in [0.05, 0.1) is 5.56 Å². The molecule has 1 aromatic carbocycles. The zero-order valence-electron chi connectivity index (χ0n) is 11.2. The maximum absolute atomic E-state index is 12.6. The normalized spacial score (nSPS) is 14.4. The number of carbonyl (C=O) groups excluding carboxylic acids is 1. The van der Waals surface area contributed by atoms with Crippen molar-refractivity contribution in [2.75, 3.05) is 6.54 Å². The van der Waals surface area contributed by atoms with E-state index in [1.165, 1.54) is 4.90 Å². The number of benzene rings is 1. The molecular formula is C15H16N2O3. The highest BCUT2D eigenvalue weighted by atomic mass is 16.4. The van der Waals surface area contributed by atoms with Crippen molar-refractivity contribution < 1.29 is 14.7 Å². The lowest BCUT2D eigenvalue weighted by molar-refractivity contribution is -0.137. The van der Waals surface area contributed by atoms with E-state index in [9.17, 15) is 9.59 Å². The average molecular weight is 272 g/mol. The number of hydrogen-bond acceptors (Lipinski definition) is 2. The Morgan fingerprint density at radius 3 is 2.70 bits per heavy atom. The molecule has 0 bridgehead atoms. The van der Waals surface area contributed by atoms with Crippen LogP contribution in [-0.2, 0) is 11.8 Å². The molecule has 0 aliphatic heterocycles. The standard InChI is InChI=1S/C15H16N2O3/c1-16-8-12(11-4-2-3-5-13(11)16)15(20)17(9-14(18)19)10-6-7-10/h2-5,8,10H,6-7,9H2,1H3,(H,18,19). The number of rotatable bonds is 4. The Bertz CT molecular complexity index is 685. The molecule has 1 fully saturated rings. The monoisotopic (exact) mass is 272 g/mol. The fourth-order valence-corrected chi connectivity index (χ4v) is 2.57. The SMILES string of the molecule is Cn1cc(C(=O)N(CC(=O)O)C2CC2)c2ccccc21. The largest absolute Gasteiger partial charge is 0.480 e. The summed E-state index contributed by atoms with van der Waals surface area (Å²) in [4.78, 5) is 25.1. The number of fused-ring (bicyclic) bond motifs is 1. The molecule has 1 aliphatic carbocycles. The molecule has 20 heavy (non-hydrogen) atoms. The van der Waals surface area contributed by atoms with E-state index in [4.69, 9.17) is 5.11 Å². The highest BCUT2D eigenvalue weighted by Gasteiger charge is 2.35. The Morgan fingerprint density at radius 2 is 2.05 bits per heavy atom. The van der Waals surface area contributed by atoms with Gasteiger partial charge in [0.25, 0.3) is 5.91 Å². The van der Waals surface area contributed by atoms with Crippen molar-refractivity contribution >= 4 is 22.8 Å². The van der Waals surface area contributed by atoms with Gasteiger partial charge in [-0.3, -0.25) is 9.59 Å². The zero-order valence-corrected chi connectivity index (χ0v) is 11.2. The number of amides is 1. The van der Waals surface area contributed by atoms with Crippen molar-refractivity contribution in [3.63, 3.8) is 0 Å². The summed E-state index contributed by atoms with van der Waals surface area (Å²) < 4.78 is 1.90. The Kier molecular flexibility index (Phi) is 2.97. The van der Waals surface area contributed by atoms with Crippen LogP contribution >= 0.6 is 0 Å². The molecule has 0 saturated heterocycles. The third-order valence-corrected chi connectivity index (χ3v) is 3.68. The number of nitrogens with zero attached hydrogens (tertiary/aromatic N) is 2. The van der Waals surface area contributed by atoms with Crippen LogP contribution in [0.3, 0.4) is 0 Å². The van der Waals surface area contributed by atoms with Crippen molar-refractivity contribution in [2.45, 2.75) is 18.9 Å². The van der Waals surface area contributed by atoms with Crippen molar-refractivity contribution in [1.29, 1.82) is 0 Å². The van der Waals surface area contributed by atoms with Crippen LogP contribution in [0.15, 0.2) is 30.5 Å². The van der Waals surface area contributed by atoms with Gasteiger partial charge in [-0.1, -0.05) is 18.2 Å². The second-order valence-electron chi connectivity index (χ2n) is 5.23. The molecular weight excluding hydrogens is 256 g/mol. The minimum atomic E-state index is -0.967. The van der Waals surface area contributed by atoms with Gasteiger partial charge in [0.1, 0.15) is 6.54 Å². The van der Waals surface area contributed by atoms with E-state index in [1.807, 2.05) is 35.9 Å². The zero-order chi connectivity index (χ0) is 14.3. The topological polar surface area (TPSA) is 62.5 Å². The first-order valence-electron chi connectivity index (χ1n) is 6.64. The predicted molar refractivity (Wildman–Crippen MR) is 74.6 cm³/mol. The predicted octanol–water partition coefficient (Wildman–Crippen LogP) is 1.87. The molecule has 1 aromatic heterocycles. The quantitative estimate of drug-likeness (QED) is 0.924. The van der Waals surface area contributed by atoms with Crippen LogP contribution in [-0.4, -0.2) is 39.0 Å². The van der Waals surface area contributed by atoms with Crippen LogP contribution in [0, 0.1) is 0 Å². The molecule has 1 heterocycles. The molecule has 1 aliphatic rings. The second kappa shape index (κ2) is 4.67. The summed E-state index contributed by atoms with van der Waals surface area (Å²) >= 11 is 0. The van der Waals surface area contributed by atoms with Crippen LogP contribution in [0.4, 0.5) is 0 Å². The number of aliphatic carboxylic acids is 1. The Hall–Kier alpha value is -2.30. The van der Waals surface area contributed by atoms with Crippen LogP contribution < -0.4 is 0 Å². The fraction of sp³-hybridized carbons (Fsp3) is 0.333. The third kappa shape index (κ3) is 2.15. The van der Waals surface area contributed by atoms with E-state index >= 15 is 0 Å². The van der Waals surface area contributed by atoms with Gasteiger partial charge in [-0.05, 0) is 18.9 Å². The third-order valence-electron chi connectivity index (χ3n) is 3.68. The van der Waals surface area contributed by atoms with E-state index in [1.54, 1.807) is 6.20 Å². The number of aromatic nitrogens is 1. The smallest absolute Gasteiger partial charge is 0.323 e. The lowest BCUT2D eigenvalue weighted by Crippen LogP contribution is -2.37. The molecule has 5 heteroatoms. The van der Waals surface area contributed by atoms with Crippen LogP contribution in [0.5, 0.6) is 0 Å². The number of para-hydroxylation sites is 1. The molecule has 2 aromatic rings. The van der Waals surface area contributed by atoms with Gasteiger partial charge in [0, 0.05) is 30.2 Å². The van der Waals surface area contributed by atoms with Gasteiger partial charge in [-0.2, -0.15) is 0 Å². The van der Waals surface area contributed by atoms with Crippen molar-refractivity contribution in [1.82, 2.24) is 9.47 Å². The first-order valence-corrected chi connectivity index (χ1v) is 6.64. The first kappa shape index (κ1) is 12.7. The van der Waals surface area contributed by atoms with Crippen LogP contribution in [0.25, 0.3) is 10.9 Å². The van der Waals surface area contributed by atoms with Crippen LogP contribution in [0.2, 0.25) is 0 Å². The summed E-state index contributed by atoms with van der Waals surface area (Å²) in [5.41, 5.74) is 1.55. The molecule has 1 saturated carbocycles. The molecule has 0 unspecified atom stereocenters. The number of carboxylic acids is 1. The minimum Gasteiger partial charge on any atom is -0.480 e. The lowest BCUT2D eigenvalue weighted by atomic mass is 10.1. The Labute approximate surface area is 116 Å². The lowest BCUT2D eigenvalue weighted by Gasteiger charge is -2.19. The van der Waals surface area contributed by atoms with E-state index in [0.29, 0.717) is 5.56 Å². The maximum Gasteiger partial charge on any atom is 0.323 e. The van der Waals surface area contributed by atoms with Gasteiger partial charge in [0.15, 0.2) is 0 Å². The Balaban J connectivity index is 2.00. The molecule has 0 atom stereocenters. The molecule has 104 valence electrons. The summed E-state index contributed by atoms with van der Waals surface area (Å²) in [5.74, 6) is -1.16. The van der Waals surface area contributed by atoms with Gasteiger partial charge in [-0.15, -0.1) is 0 Å². The van der Waals surface area contributed by atoms with E-state index < -0.39 is 5.97 Å². The second-order valence-corrected chi connectivity index (χ2v) is 5.23. The van der Waals surface area contributed by atoms with E-state index in [0.717, 1.165) is 23.7 Å². The van der Waals surface area contributed by atoms with E-state index in [-0.39, 0.29) is 18.5 Å². The maximum atomic E-state index is 12.6. The van der Waals surface area contributed by atoms with Gasteiger partial charge in [0.2, 0.25) is 0 Å². The van der Waals surface area contributed by atoms with Gasteiger partial charge < -0.3 is 14.6 Å². The first-order chi connectivity index (χ1) is 9.58. The summed E-state index contributed by atoms with van der Waals surface area (Å²) in [5, 5.41) is 9.85. The molecule has 1 amide bonds. The van der Waals surface area contributed by atoms with E-state index in [2.05, 4.69) is 0 Å². The molecule has 1 N–H and O–H groups in total.